The van der Waals surface area contributed by atoms with Crippen LogP contribution in [0.1, 0.15) is 35.7 Å². The smallest absolute Gasteiger partial charge is 0.264 e. The van der Waals surface area contributed by atoms with Gasteiger partial charge in [0.15, 0.2) is 5.60 Å². The topological polar surface area (TPSA) is 144 Å². The lowest BCUT2D eigenvalue weighted by Crippen LogP contribution is -2.51. The second-order valence-corrected chi connectivity index (χ2v) is 20.6. The molecular weight excluding hydrogens is 749 g/mol. The number of para-hydroxylation sites is 1. The van der Waals surface area contributed by atoms with Crippen LogP contribution in [0, 0.1) is 5.92 Å². The number of aromatic amines is 1. The van der Waals surface area contributed by atoms with Crippen molar-refractivity contribution in [2.24, 2.45) is 5.92 Å². The summed E-state index contributed by atoms with van der Waals surface area (Å²) in [5.74, 6) is 0.993. The normalized spacial score (nSPS) is 20.2. The van der Waals surface area contributed by atoms with Crippen LogP contribution >= 0.6 is 0 Å². The molecular formula is C45H50N6O6Si. The van der Waals surface area contributed by atoms with Crippen LogP contribution < -0.4 is 24.9 Å². The van der Waals surface area contributed by atoms with Crippen molar-refractivity contribution in [3.8, 4) is 11.5 Å². The van der Waals surface area contributed by atoms with E-state index in [1.807, 2.05) is 96.2 Å². The molecule has 2 aliphatic rings. The van der Waals surface area contributed by atoms with E-state index in [1.165, 1.54) is 5.19 Å². The van der Waals surface area contributed by atoms with Crippen LogP contribution in [0.4, 0.5) is 11.4 Å². The highest BCUT2D eigenvalue weighted by Gasteiger charge is 2.66. The van der Waals surface area contributed by atoms with E-state index in [2.05, 4.69) is 52.8 Å². The summed E-state index contributed by atoms with van der Waals surface area (Å²) in [7, 11) is 0.921. The maximum atomic E-state index is 15.4. The van der Waals surface area contributed by atoms with E-state index in [0.717, 1.165) is 44.7 Å². The third-order valence-corrected chi connectivity index (χ3v) is 16.6. The number of anilines is 2. The standard InChI is InChI=1S/C45H50N6O6Si/c1-29-43(58(4,5)36-16-13-34(55-2)14-17-36)41(19-21-50-28-33(20-22-52)48-49-50)57-45(29)38-25-35(56-3)15-18-40(38)51(44(45)54)27-30-9-8-10-32(23-30)47-42(53)24-31-26-46-39-12-7-6-11-37(31)39/h6-18,23,25-26,28-29,41,43,46,52H,19-22,24,27H2,1-5H3,(H,47,53)/t29-,41+,43-,45+/m1/s1. The zero-order valence-corrected chi connectivity index (χ0v) is 34.6. The molecule has 4 atom stereocenters. The van der Waals surface area contributed by atoms with Crippen molar-refractivity contribution < 1.29 is 28.9 Å². The minimum Gasteiger partial charge on any atom is -0.497 e. The molecule has 4 aromatic carbocycles. The zero-order chi connectivity index (χ0) is 40.6. The average Bonchev–Trinajstić information content (AvgIpc) is 3.99. The molecule has 2 aliphatic heterocycles. The molecule has 0 unspecified atom stereocenters. The second kappa shape index (κ2) is 15.9. The molecule has 8 rings (SSSR count). The van der Waals surface area contributed by atoms with Crippen molar-refractivity contribution >= 4 is 47.4 Å². The Labute approximate surface area is 339 Å². The van der Waals surface area contributed by atoms with Crippen LogP contribution in [-0.2, 0) is 45.9 Å². The molecule has 13 heteroatoms. The first-order chi connectivity index (χ1) is 28.0. The van der Waals surface area contributed by atoms with Gasteiger partial charge in [-0.05, 0) is 71.6 Å². The molecule has 58 heavy (non-hydrogen) atoms. The number of aromatic nitrogens is 4. The number of nitrogens with zero attached hydrogens (tertiary/aromatic N) is 4. The number of carbonyl (C=O) groups excluding carboxylic acids is 2. The van der Waals surface area contributed by atoms with Crippen LogP contribution in [0.3, 0.4) is 0 Å². The Kier molecular flexibility index (Phi) is 10.7. The fourth-order valence-electron chi connectivity index (χ4n) is 9.37. The number of nitrogens with one attached hydrogen (secondary N) is 2. The van der Waals surface area contributed by atoms with E-state index in [1.54, 1.807) is 18.9 Å². The number of carbonyl (C=O) groups is 2. The van der Waals surface area contributed by atoms with E-state index in [4.69, 9.17) is 14.2 Å². The van der Waals surface area contributed by atoms with Gasteiger partial charge in [-0.2, -0.15) is 0 Å². The summed E-state index contributed by atoms with van der Waals surface area (Å²) >= 11 is 0. The second-order valence-electron chi connectivity index (χ2n) is 16.0. The molecule has 0 aliphatic carbocycles. The van der Waals surface area contributed by atoms with Crippen molar-refractivity contribution in [3.05, 3.63) is 126 Å². The summed E-state index contributed by atoms with van der Waals surface area (Å²) in [6, 6.07) is 29.8. The van der Waals surface area contributed by atoms with Crippen LogP contribution in [-0.4, -0.2) is 71.9 Å². The van der Waals surface area contributed by atoms with Gasteiger partial charge >= 0.3 is 0 Å². The molecule has 2 aromatic heterocycles. The largest absolute Gasteiger partial charge is 0.497 e. The third kappa shape index (κ3) is 7.07. The molecule has 6 aromatic rings. The van der Waals surface area contributed by atoms with E-state index in [0.29, 0.717) is 30.8 Å². The Morgan fingerprint density at radius 3 is 2.55 bits per heavy atom. The van der Waals surface area contributed by atoms with Gasteiger partial charge in [-0.3, -0.25) is 14.3 Å². The van der Waals surface area contributed by atoms with Gasteiger partial charge < -0.3 is 34.5 Å². The van der Waals surface area contributed by atoms with Crippen molar-refractivity contribution in [2.45, 2.75) is 69.6 Å². The number of fused-ring (bicyclic) bond motifs is 3. The predicted molar refractivity (Wildman–Crippen MR) is 226 cm³/mol. The van der Waals surface area contributed by atoms with Gasteiger partial charge in [-0.15, -0.1) is 5.10 Å². The molecule has 0 bridgehead atoms. The summed E-state index contributed by atoms with van der Waals surface area (Å²) in [6.07, 6.45) is 4.73. The van der Waals surface area contributed by atoms with Crippen molar-refractivity contribution in [1.82, 2.24) is 20.0 Å². The molecule has 4 heterocycles. The summed E-state index contributed by atoms with van der Waals surface area (Å²) in [5.41, 5.74) is 4.50. The van der Waals surface area contributed by atoms with Gasteiger partial charge in [0.2, 0.25) is 5.91 Å². The third-order valence-electron chi connectivity index (χ3n) is 12.2. The van der Waals surface area contributed by atoms with E-state index < -0.39 is 13.7 Å². The lowest BCUT2D eigenvalue weighted by atomic mass is 9.82. The highest BCUT2D eigenvalue weighted by atomic mass is 28.3. The minimum atomic E-state index is -2.38. The average molecular weight is 799 g/mol. The summed E-state index contributed by atoms with van der Waals surface area (Å²) < 4.78 is 20.4. The number of amides is 2. The molecule has 2 amide bonds. The monoisotopic (exact) mass is 798 g/mol. The summed E-state index contributed by atoms with van der Waals surface area (Å²) in [6.45, 7) is 7.72. The lowest BCUT2D eigenvalue weighted by Gasteiger charge is -2.37. The zero-order valence-electron chi connectivity index (χ0n) is 33.6. The Balaban J connectivity index is 1.11. The van der Waals surface area contributed by atoms with Gasteiger partial charge in [0.1, 0.15) is 11.5 Å². The van der Waals surface area contributed by atoms with E-state index >= 15 is 4.79 Å². The fourth-order valence-corrected chi connectivity index (χ4v) is 13.4. The number of hydrogen-bond acceptors (Lipinski definition) is 8. The molecule has 1 spiro atoms. The number of aliphatic hydroxyl groups excluding tert-OH is 1. The summed E-state index contributed by atoms with van der Waals surface area (Å²) in [4.78, 5) is 33.7. The number of aryl methyl sites for hydroxylation is 1. The van der Waals surface area contributed by atoms with Crippen molar-refractivity contribution in [1.29, 1.82) is 0 Å². The molecule has 1 fully saturated rings. The Morgan fingerprint density at radius 1 is 1.00 bits per heavy atom. The number of hydrogen-bond donors (Lipinski definition) is 3. The quantitative estimate of drug-likeness (QED) is 0.108. The maximum Gasteiger partial charge on any atom is 0.264 e. The first kappa shape index (κ1) is 39.1. The number of H-pyrrole nitrogens is 1. The Bertz CT molecular complexity index is 2450. The number of rotatable bonds is 14. The van der Waals surface area contributed by atoms with E-state index in [9.17, 15) is 9.90 Å². The van der Waals surface area contributed by atoms with Crippen LogP contribution in [0.15, 0.2) is 103 Å². The lowest BCUT2D eigenvalue weighted by molar-refractivity contribution is -0.146. The first-order valence-corrected chi connectivity index (χ1v) is 22.9. The van der Waals surface area contributed by atoms with Gasteiger partial charge in [0, 0.05) is 60.0 Å². The van der Waals surface area contributed by atoms with Gasteiger partial charge in [0.05, 0.1) is 52.7 Å². The van der Waals surface area contributed by atoms with Gasteiger partial charge in [-0.1, -0.05) is 72.9 Å². The molecule has 300 valence electrons. The molecule has 0 radical (unpaired) electrons. The molecule has 0 saturated carbocycles. The minimum absolute atomic E-state index is 0.000403. The highest BCUT2D eigenvalue weighted by Crippen LogP contribution is 2.60. The Morgan fingerprint density at radius 2 is 1.78 bits per heavy atom. The predicted octanol–water partition coefficient (Wildman–Crippen LogP) is 6.35. The summed E-state index contributed by atoms with van der Waals surface area (Å²) in [5, 5.41) is 23.4. The number of benzene rings is 4. The van der Waals surface area contributed by atoms with Crippen LogP contribution in [0.2, 0.25) is 18.6 Å². The molecule has 12 nitrogen and oxygen atoms in total. The fraction of sp³-hybridized carbons (Fsp3) is 0.333. The highest BCUT2D eigenvalue weighted by molar-refractivity contribution is 6.91. The van der Waals surface area contributed by atoms with Crippen molar-refractivity contribution in [2.75, 3.05) is 31.0 Å². The number of aliphatic hydroxyl groups is 1. The first-order valence-electron chi connectivity index (χ1n) is 19.8. The van der Waals surface area contributed by atoms with E-state index in [-0.39, 0.29) is 48.9 Å². The molecule has 3 N–H and O–H groups in total. The van der Waals surface area contributed by atoms with Gasteiger partial charge in [0.25, 0.3) is 5.91 Å². The van der Waals surface area contributed by atoms with Crippen molar-refractivity contribution in [3.63, 3.8) is 0 Å². The number of methoxy groups -OCH3 is 2. The Hall–Kier alpha value is -5.76. The maximum absolute atomic E-state index is 15.4. The van der Waals surface area contributed by atoms with Crippen LogP contribution in [0.5, 0.6) is 11.5 Å². The van der Waals surface area contributed by atoms with Gasteiger partial charge in [-0.25, -0.2) is 0 Å². The SMILES string of the molecule is COc1ccc([Si](C)(C)[C@H]2[C@H](CCn3cc(CCO)nn3)O[C@@]3(C(=O)N(Cc4cccc(NC(=O)Cc5c[nH]c6ccccc56)c4)c4ccc(OC)cc43)[C@@H]2C)cc1. The van der Waals surface area contributed by atoms with Crippen LogP contribution in [0.25, 0.3) is 10.9 Å². The molecule has 1 saturated heterocycles. The number of ether oxygens (including phenoxy) is 3.